The van der Waals surface area contributed by atoms with Crippen LogP contribution in [-0.2, 0) is 4.79 Å². The van der Waals surface area contributed by atoms with E-state index in [-0.39, 0.29) is 5.92 Å². The lowest BCUT2D eigenvalue weighted by atomic mass is 9.97. The molecular formula is C14H14N6O2. The molecule has 0 saturated carbocycles. The van der Waals surface area contributed by atoms with Crippen molar-refractivity contribution >= 4 is 33.7 Å². The first-order valence-corrected chi connectivity index (χ1v) is 7.16. The third-order valence-electron chi connectivity index (χ3n) is 4.15. The molecule has 4 rings (SSSR count). The van der Waals surface area contributed by atoms with E-state index in [0.717, 1.165) is 36.0 Å². The average molecular weight is 298 g/mol. The average Bonchev–Trinajstić information content (AvgIpc) is 3.03. The minimum Gasteiger partial charge on any atom is -0.481 e. The Balaban J connectivity index is 1.87. The number of anilines is 1. The number of carboxylic acids is 1. The molecule has 1 fully saturated rings. The predicted molar refractivity (Wildman–Crippen MR) is 79.6 cm³/mol. The summed E-state index contributed by atoms with van der Waals surface area (Å²) in [6, 6.07) is 1.90. The van der Waals surface area contributed by atoms with Gasteiger partial charge in [-0.2, -0.15) is 10.3 Å². The number of carboxylic acid groups (broad SMARTS) is 1. The summed E-state index contributed by atoms with van der Waals surface area (Å²) in [6.07, 6.45) is 4.96. The maximum Gasteiger partial charge on any atom is 0.308 e. The molecule has 3 aromatic rings. The summed E-state index contributed by atoms with van der Waals surface area (Å²) in [5.74, 6) is -1.08. The van der Waals surface area contributed by atoms with E-state index >= 15 is 0 Å². The molecule has 4 heterocycles. The van der Waals surface area contributed by atoms with E-state index in [9.17, 15) is 9.90 Å². The highest BCUT2D eigenvalue weighted by Crippen LogP contribution is 2.32. The van der Waals surface area contributed by atoms with Crippen LogP contribution in [0.2, 0.25) is 0 Å². The lowest BCUT2D eigenvalue weighted by Gasteiger charge is -2.33. The van der Waals surface area contributed by atoms with Gasteiger partial charge in [0, 0.05) is 19.3 Å². The Morgan fingerprint density at radius 2 is 2.27 bits per heavy atom. The second-order valence-corrected chi connectivity index (χ2v) is 5.47. The Hall–Kier alpha value is -2.77. The smallest absolute Gasteiger partial charge is 0.308 e. The third kappa shape index (κ3) is 1.95. The zero-order valence-corrected chi connectivity index (χ0v) is 11.7. The molecule has 1 unspecified atom stereocenters. The molecule has 0 amide bonds. The van der Waals surface area contributed by atoms with Crippen molar-refractivity contribution in [2.45, 2.75) is 12.8 Å². The summed E-state index contributed by atoms with van der Waals surface area (Å²) in [4.78, 5) is 21.9. The molecule has 0 radical (unpaired) electrons. The number of H-pyrrole nitrogens is 1. The maximum absolute atomic E-state index is 11.3. The molecule has 0 aliphatic carbocycles. The van der Waals surface area contributed by atoms with Crippen LogP contribution < -0.4 is 4.90 Å². The normalized spacial score (nSPS) is 18.9. The molecule has 1 aliphatic heterocycles. The molecule has 0 aromatic carbocycles. The van der Waals surface area contributed by atoms with Crippen molar-refractivity contribution in [3.8, 4) is 0 Å². The van der Waals surface area contributed by atoms with Gasteiger partial charge < -0.3 is 10.0 Å². The fourth-order valence-corrected chi connectivity index (χ4v) is 3.07. The largest absolute Gasteiger partial charge is 0.481 e. The van der Waals surface area contributed by atoms with Gasteiger partial charge in [0.05, 0.1) is 28.7 Å². The fourth-order valence-electron chi connectivity index (χ4n) is 3.07. The summed E-state index contributed by atoms with van der Waals surface area (Å²) in [7, 11) is 0. The molecule has 1 atom stereocenters. The van der Waals surface area contributed by atoms with Gasteiger partial charge in [-0.15, -0.1) is 5.10 Å². The van der Waals surface area contributed by atoms with Crippen molar-refractivity contribution in [1.29, 1.82) is 0 Å². The molecule has 112 valence electrons. The summed E-state index contributed by atoms with van der Waals surface area (Å²) >= 11 is 0. The van der Waals surface area contributed by atoms with Gasteiger partial charge in [-0.1, -0.05) is 0 Å². The molecule has 2 N–H and O–H groups in total. The van der Waals surface area contributed by atoms with E-state index in [1.165, 1.54) is 0 Å². The number of aromatic amines is 1. The second-order valence-electron chi connectivity index (χ2n) is 5.47. The van der Waals surface area contributed by atoms with Gasteiger partial charge in [0.2, 0.25) is 5.65 Å². The van der Waals surface area contributed by atoms with E-state index in [1.807, 2.05) is 6.07 Å². The van der Waals surface area contributed by atoms with Crippen molar-refractivity contribution in [2.24, 2.45) is 5.92 Å². The first-order chi connectivity index (χ1) is 10.7. The van der Waals surface area contributed by atoms with Gasteiger partial charge in [-0.25, -0.2) is 4.98 Å². The van der Waals surface area contributed by atoms with Crippen LogP contribution in [0, 0.1) is 5.92 Å². The molecule has 1 aliphatic rings. The number of rotatable bonds is 2. The molecule has 8 heteroatoms. The summed E-state index contributed by atoms with van der Waals surface area (Å²) in [5, 5.41) is 20.9. The number of fused-ring (bicyclic) bond motifs is 3. The lowest BCUT2D eigenvalue weighted by molar-refractivity contribution is -0.141. The van der Waals surface area contributed by atoms with Crippen LogP contribution in [0.4, 0.5) is 5.69 Å². The Morgan fingerprint density at radius 1 is 1.36 bits per heavy atom. The zero-order chi connectivity index (χ0) is 15.1. The third-order valence-corrected chi connectivity index (χ3v) is 4.15. The first-order valence-electron chi connectivity index (χ1n) is 7.16. The van der Waals surface area contributed by atoms with E-state index in [0.29, 0.717) is 17.7 Å². The van der Waals surface area contributed by atoms with Crippen molar-refractivity contribution in [2.75, 3.05) is 18.0 Å². The number of nitrogens with one attached hydrogen (secondary N) is 1. The number of carbonyl (C=O) groups is 1. The van der Waals surface area contributed by atoms with Gasteiger partial charge in [-0.3, -0.25) is 9.78 Å². The van der Waals surface area contributed by atoms with Crippen LogP contribution in [0.3, 0.4) is 0 Å². The summed E-state index contributed by atoms with van der Waals surface area (Å²) < 4.78 is 0. The quantitative estimate of drug-likeness (QED) is 0.731. The summed E-state index contributed by atoms with van der Waals surface area (Å²) in [5.41, 5.74) is 2.88. The Kier molecular flexibility index (Phi) is 2.88. The van der Waals surface area contributed by atoms with Gasteiger partial charge in [0.25, 0.3) is 0 Å². The SMILES string of the molecule is O=C(O)C1CCCN(c2ccnc3cnc4n[nH]nc4c23)C1. The molecule has 0 spiro atoms. The van der Waals surface area contributed by atoms with Crippen LogP contribution in [0.5, 0.6) is 0 Å². The van der Waals surface area contributed by atoms with Crippen molar-refractivity contribution < 1.29 is 9.90 Å². The van der Waals surface area contributed by atoms with Crippen LogP contribution >= 0.6 is 0 Å². The molecule has 3 aromatic heterocycles. The highest BCUT2D eigenvalue weighted by Gasteiger charge is 2.27. The summed E-state index contributed by atoms with van der Waals surface area (Å²) in [6.45, 7) is 1.32. The van der Waals surface area contributed by atoms with Crippen molar-refractivity contribution in [3.05, 3.63) is 18.5 Å². The topological polar surface area (TPSA) is 108 Å². The molecule has 22 heavy (non-hydrogen) atoms. The van der Waals surface area contributed by atoms with E-state index < -0.39 is 5.97 Å². The standard InChI is InChI=1S/C14H14N6O2/c21-14(22)8-2-1-5-20(7-8)10-3-4-15-9-6-16-13-12(11(9)10)17-19-18-13/h3-4,6,8H,1-2,5,7H2,(H,21,22)(H,16,17,18,19). The van der Waals surface area contributed by atoms with Crippen LogP contribution in [0.25, 0.3) is 22.1 Å². The van der Waals surface area contributed by atoms with Gasteiger partial charge in [0.1, 0.15) is 5.52 Å². The van der Waals surface area contributed by atoms with Crippen molar-refractivity contribution in [3.63, 3.8) is 0 Å². The van der Waals surface area contributed by atoms with Gasteiger partial charge in [-0.05, 0) is 18.9 Å². The Morgan fingerprint density at radius 3 is 3.14 bits per heavy atom. The number of aliphatic carboxylic acids is 1. The number of hydrogen-bond donors (Lipinski definition) is 2. The highest BCUT2D eigenvalue weighted by atomic mass is 16.4. The number of nitrogens with zero attached hydrogens (tertiary/aromatic N) is 5. The zero-order valence-electron chi connectivity index (χ0n) is 11.7. The number of piperidine rings is 1. The highest BCUT2D eigenvalue weighted by molar-refractivity contribution is 6.07. The van der Waals surface area contributed by atoms with Gasteiger partial charge >= 0.3 is 5.97 Å². The Labute approximate surface area is 125 Å². The van der Waals surface area contributed by atoms with Crippen molar-refractivity contribution in [1.82, 2.24) is 25.4 Å². The minimum absolute atomic E-state index is 0.341. The molecule has 0 bridgehead atoms. The number of hydrogen-bond acceptors (Lipinski definition) is 6. The van der Waals surface area contributed by atoms with Crippen LogP contribution in [-0.4, -0.2) is 49.5 Å². The lowest BCUT2D eigenvalue weighted by Crippen LogP contribution is -2.38. The fraction of sp³-hybridized carbons (Fsp3) is 0.357. The van der Waals surface area contributed by atoms with Gasteiger partial charge in [0.15, 0.2) is 0 Å². The Bertz CT molecular complexity index is 861. The number of aromatic nitrogens is 5. The molecular weight excluding hydrogens is 284 g/mol. The van der Waals surface area contributed by atoms with E-state index in [2.05, 4.69) is 30.3 Å². The molecule has 8 nitrogen and oxygen atoms in total. The second kappa shape index (κ2) is 4.90. The minimum atomic E-state index is -0.740. The van der Waals surface area contributed by atoms with Crippen LogP contribution in [0.15, 0.2) is 18.5 Å². The molecule has 1 saturated heterocycles. The predicted octanol–water partition coefficient (Wildman–Crippen LogP) is 1.20. The maximum atomic E-state index is 11.3. The first kappa shape index (κ1) is 12.9. The monoisotopic (exact) mass is 298 g/mol. The van der Waals surface area contributed by atoms with Crippen LogP contribution in [0.1, 0.15) is 12.8 Å². The van der Waals surface area contributed by atoms with E-state index in [4.69, 9.17) is 0 Å². The number of pyridine rings is 2. The van der Waals surface area contributed by atoms with E-state index in [1.54, 1.807) is 12.4 Å².